The molecule has 0 saturated heterocycles. The predicted octanol–water partition coefficient (Wildman–Crippen LogP) is 6.73. The van der Waals surface area contributed by atoms with Crippen molar-refractivity contribution in [3.05, 3.63) is 65.2 Å². The Bertz CT molecular complexity index is 924. The fourth-order valence-electron chi connectivity index (χ4n) is 6.23. The van der Waals surface area contributed by atoms with Crippen LogP contribution in [-0.2, 0) is 16.6 Å². The summed E-state index contributed by atoms with van der Waals surface area (Å²) in [7, 11) is 0. The molecule has 0 radical (unpaired) electrons. The highest BCUT2D eigenvalue weighted by Crippen LogP contribution is 2.57. The van der Waals surface area contributed by atoms with Crippen LogP contribution in [0.3, 0.4) is 0 Å². The number of hydrogen-bond donors (Lipinski definition) is 1. The van der Waals surface area contributed by atoms with E-state index in [0.29, 0.717) is 17.6 Å². The summed E-state index contributed by atoms with van der Waals surface area (Å²) >= 11 is 1.62. The van der Waals surface area contributed by atoms with Crippen molar-refractivity contribution in [3.8, 4) is 0 Å². The number of hydrogen-bond acceptors (Lipinski definition) is 2. The molecule has 0 unspecified atom stereocenters. The third-order valence-corrected chi connectivity index (χ3v) is 8.98. The summed E-state index contributed by atoms with van der Waals surface area (Å²) in [5.74, 6) is 1.84. The van der Waals surface area contributed by atoms with Gasteiger partial charge in [0.2, 0.25) is 5.91 Å². The van der Waals surface area contributed by atoms with Gasteiger partial charge in [0.1, 0.15) is 0 Å². The van der Waals surface area contributed by atoms with Crippen LogP contribution < -0.4 is 5.32 Å². The number of thioether (sulfide) groups is 1. The summed E-state index contributed by atoms with van der Waals surface area (Å²) in [5, 5.41) is 3.30. The molecule has 1 amide bonds. The summed E-state index contributed by atoms with van der Waals surface area (Å²) < 4.78 is 0. The van der Waals surface area contributed by atoms with E-state index in [-0.39, 0.29) is 16.7 Å². The van der Waals surface area contributed by atoms with Gasteiger partial charge in [-0.15, -0.1) is 11.8 Å². The molecule has 1 saturated carbocycles. The van der Waals surface area contributed by atoms with E-state index in [9.17, 15) is 4.79 Å². The molecule has 4 rings (SSSR count). The van der Waals surface area contributed by atoms with Gasteiger partial charge >= 0.3 is 0 Å². The second-order valence-electron chi connectivity index (χ2n) is 10.5. The van der Waals surface area contributed by atoms with Gasteiger partial charge in [-0.3, -0.25) is 4.79 Å². The molecule has 2 aromatic rings. The van der Waals surface area contributed by atoms with Crippen LogP contribution in [0.1, 0.15) is 76.0 Å². The quantitative estimate of drug-likeness (QED) is 0.510. The van der Waals surface area contributed by atoms with Crippen molar-refractivity contribution < 1.29 is 4.79 Å². The van der Waals surface area contributed by atoms with Crippen molar-refractivity contribution in [2.45, 2.75) is 76.0 Å². The number of rotatable bonds is 6. The van der Waals surface area contributed by atoms with Crippen LogP contribution in [0.5, 0.6) is 0 Å². The van der Waals surface area contributed by atoms with Crippen molar-refractivity contribution >= 4 is 17.7 Å². The largest absolute Gasteiger partial charge is 0.355 e. The van der Waals surface area contributed by atoms with Crippen LogP contribution in [-0.4, -0.2) is 18.2 Å². The first-order valence-electron chi connectivity index (χ1n) is 11.9. The standard InChI is InChI=1S/C28H37NOS/c1-20(2)21-11-13-24-22(17-21)12-14-25-27(3,15-8-16-28(24,25)4)19-29-26(30)18-31-23-9-6-5-7-10-23/h5-7,9-11,13,17,20,25H,8,12,14-16,18-19H2,1-4H3,(H,29,30)/t25-,27-,28+/m0/s1. The molecule has 2 nitrogen and oxygen atoms in total. The number of carbonyl (C=O) groups is 1. The highest BCUT2D eigenvalue weighted by atomic mass is 32.2. The Labute approximate surface area is 192 Å². The fourth-order valence-corrected chi connectivity index (χ4v) is 6.98. The Morgan fingerprint density at radius 3 is 2.65 bits per heavy atom. The average Bonchev–Trinajstić information content (AvgIpc) is 2.76. The van der Waals surface area contributed by atoms with Gasteiger partial charge in [0.25, 0.3) is 0 Å². The molecule has 1 fully saturated rings. The zero-order valence-electron chi connectivity index (χ0n) is 19.5. The third-order valence-electron chi connectivity index (χ3n) is 7.97. The first-order chi connectivity index (χ1) is 14.8. The van der Waals surface area contributed by atoms with Crippen molar-refractivity contribution in [1.29, 1.82) is 0 Å². The molecular formula is C28H37NOS. The Morgan fingerprint density at radius 2 is 1.90 bits per heavy atom. The molecule has 2 aliphatic carbocycles. The molecule has 2 aliphatic rings. The molecule has 0 aliphatic heterocycles. The molecule has 31 heavy (non-hydrogen) atoms. The van der Waals surface area contributed by atoms with E-state index in [4.69, 9.17) is 0 Å². The molecule has 1 N–H and O–H groups in total. The van der Waals surface area contributed by atoms with Gasteiger partial charge in [-0.05, 0) is 77.2 Å². The number of fused-ring (bicyclic) bond motifs is 3. The van der Waals surface area contributed by atoms with E-state index in [2.05, 4.69) is 63.3 Å². The predicted molar refractivity (Wildman–Crippen MR) is 132 cm³/mol. The zero-order chi connectivity index (χ0) is 22.1. The fraction of sp³-hybridized carbons (Fsp3) is 0.536. The van der Waals surface area contributed by atoms with E-state index < -0.39 is 0 Å². The monoisotopic (exact) mass is 435 g/mol. The Morgan fingerprint density at radius 1 is 1.13 bits per heavy atom. The molecule has 3 heteroatoms. The molecular weight excluding hydrogens is 398 g/mol. The summed E-state index contributed by atoms with van der Waals surface area (Å²) in [6.07, 6.45) is 6.11. The molecule has 166 valence electrons. The molecule has 0 spiro atoms. The normalized spacial score (nSPS) is 27.5. The topological polar surface area (TPSA) is 29.1 Å². The molecule has 0 bridgehead atoms. The summed E-state index contributed by atoms with van der Waals surface area (Å²) in [5.41, 5.74) is 4.98. The van der Waals surface area contributed by atoms with Crippen LogP contribution >= 0.6 is 11.8 Å². The van der Waals surface area contributed by atoms with Crippen LogP contribution in [0, 0.1) is 11.3 Å². The lowest BCUT2D eigenvalue weighted by Crippen LogP contribution is -2.53. The van der Waals surface area contributed by atoms with Crippen LogP contribution in [0.2, 0.25) is 0 Å². The van der Waals surface area contributed by atoms with Crippen LogP contribution in [0.15, 0.2) is 53.4 Å². The minimum atomic E-state index is 0.153. The number of benzene rings is 2. The van der Waals surface area contributed by atoms with E-state index in [1.165, 1.54) is 37.7 Å². The van der Waals surface area contributed by atoms with E-state index in [1.54, 1.807) is 22.9 Å². The Hall–Kier alpha value is -1.74. The molecule has 0 aromatic heterocycles. The van der Waals surface area contributed by atoms with Crippen molar-refractivity contribution in [2.24, 2.45) is 11.3 Å². The number of amides is 1. The van der Waals surface area contributed by atoms with Crippen molar-refractivity contribution in [3.63, 3.8) is 0 Å². The maximum absolute atomic E-state index is 12.6. The van der Waals surface area contributed by atoms with Crippen LogP contribution in [0.25, 0.3) is 0 Å². The first-order valence-corrected chi connectivity index (χ1v) is 12.9. The van der Waals surface area contributed by atoms with E-state index in [0.717, 1.165) is 11.4 Å². The lowest BCUT2D eigenvalue weighted by atomic mass is 9.49. The molecule has 3 atom stereocenters. The van der Waals surface area contributed by atoms with Gasteiger partial charge in [0.05, 0.1) is 5.75 Å². The second-order valence-corrected chi connectivity index (χ2v) is 11.5. The average molecular weight is 436 g/mol. The van der Waals surface area contributed by atoms with Gasteiger partial charge in [-0.25, -0.2) is 0 Å². The van der Waals surface area contributed by atoms with Gasteiger partial charge in [0, 0.05) is 11.4 Å². The molecule has 2 aromatic carbocycles. The summed E-state index contributed by atoms with van der Waals surface area (Å²) in [6.45, 7) is 10.3. The number of aryl methyl sites for hydroxylation is 1. The number of nitrogens with one attached hydrogen (secondary N) is 1. The third kappa shape index (κ3) is 4.58. The van der Waals surface area contributed by atoms with E-state index >= 15 is 0 Å². The first kappa shape index (κ1) is 22.5. The smallest absolute Gasteiger partial charge is 0.230 e. The zero-order valence-corrected chi connectivity index (χ0v) is 20.4. The maximum atomic E-state index is 12.6. The minimum absolute atomic E-state index is 0.153. The lowest BCUT2D eigenvalue weighted by molar-refractivity contribution is -0.119. The lowest BCUT2D eigenvalue weighted by Gasteiger charge is -2.55. The second kappa shape index (κ2) is 9.02. The van der Waals surface area contributed by atoms with Gasteiger partial charge in [-0.1, -0.05) is 70.5 Å². The SMILES string of the molecule is CC(C)c1ccc2c(c1)CC[C@H]1[C@](C)(CNC(=O)CSc3ccccc3)CCC[C@]21C. The highest BCUT2D eigenvalue weighted by molar-refractivity contribution is 8.00. The van der Waals surface area contributed by atoms with Gasteiger partial charge in [0.15, 0.2) is 0 Å². The van der Waals surface area contributed by atoms with Gasteiger partial charge in [-0.2, -0.15) is 0 Å². The minimum Gasteiger partial charge on any atom is -0.355 e. The van der Waals surface area contributed by atoms with Gasteiger partial charge < -0.3 is 5.32 Å². The van der Waals surface area contributed by atoms with Crippen molar-refractivity contribution in [1.82, 2.24) is 5.32 Å². The van der Waals surface area contributed by atoms with Crippen LogP contribution in [0.4, 0.5) is 0 Å². The summed E-state index contributed by atoms with van der Waals surface area (Å²) in [6, 6.07) is 17.4. The summed E-state index contributed by atoms with van der Waals surface area (Å²) in [4.78, 5) is 13.8. The van der Waals surface area contributed by atoms with E-state index in [1.807, 2.05) is 18.2 Å². The van der Waals surface area contributed by atoms with Crippen molar-refractivity contribution in [2.75, 3.05) is 12.3 Å². The highest BCUT2D eigenvalue weighted by Gasteiger charge is 2.51. The molecule has 0 heterocycles. The Balaban J connectivity index is 1.45. The Kier molecular flexibility index (Phi) is 6.53. The number of carbonyl (C=O) groups excluding carboxylic acids is 1. The maximum Gasteiger partial charge on any atom is 0.230 e.